The standard InChI is InChI=1S/C14H17N7S/c1-9-20-21-8-12(19-14(21)22-9)11-6-16-7-13(18-11)17-10-3-2-4-15-5-10/h6-8,10,15H,2-5H2,1H3,(H,17,18). The highest BCUT2D eigenvalue weighted by Gasteiger charge is 2.14. The van der Waals surface area contributed by atoms with Gasteiger partial charge in [-0.3, -0.25) is 4.98 Å². The Balaban J connectivity index is 1.58. The zero-order chi connectivity index (χ0) is 14.9. The number of hydrogen-bond donors (Lipinski definition) is 2. The molecule has 3 aromatic rings. The van der Waals surface area contributed by atoms with Gasteiger partial charge >= 0.3 is 0 Å². The summed E-state index contributed by atoms with van der Waals surface area (Å²) in [7, 11) is 0. The predicted molar refractivity (Wildman–Crippen MR) is 86.1 cm³/mol. The molecule has 0 spiro atoms. The van der Waals surface area contributed by atoms with Gasteiger partial charge in [0.25, 0.3) is 0 Å². The fraction of sp³-hybridized carbons (Fsp3) is 0.429. The van der Waals surface area contributed by atoms with E-state index in [4.69, 9.17) is 0 Å². The first-order valence-corrected chi connectivity index (χ1v) is 8.22. The number of hydrogen-bond acceptors (Lipinski definition) is 7. The van der Waals surface area contributed by atoms with Gasteiger partial charge in [-0.25, -0.2) is 14.5 Å². The molecule has 0 amide bonds. The smallest absolute Gasteiger partial charge is 0.212 e. The van der Waals surface area contributed by atoms with Gasteiger partial charge in [-0.2, -0.15) is 5.10 Å². The van der Waals surface area contributed by atoms with Crippen molar-refractivity contribution in [3.05, 3.63) is 23.6 Å². The van der Waals surface area contributed by atoms with Gasteiger partial charge in [0.2, 0.25) is 4.96 Å². The number of anilines is 1. The van der Waals surface area contributed by atoms with Crippen LogP contribution in [0, 0.1) is 6.92 Å². The van der Waals surface area contributed by atoms with Crippen LogP contribution in [0.3, 0.4) is 0 Å². The Morgan fingerprint density at radius 3 is 3.09 bits per heavy atom. The molecule has 1 unspecified atom stereocenters. The van der Waals surface area contributed by atoms with Crippen LogP contribution in [0.25, 0.3) is 16.3 Å². The van der Waals surface area contributed by atoms with Crippen molar-refractivity contribution in [3.8, 4) is 11.4 Å². The molecule has 0 bridgehead atoms. The number of aryl methyl sites for hydroxylation is 1. The van der Waals surface area contributed by atoms with E-state index in [9.17, 15) is 0 Å². The van der Waals surface area contributed by atoms with Crippen molar-refractivity contribution >= 4 is 22.1 Å². The van der Waals surface area contributed by atoms with Crippen molar-refractivity contribution in [2.45, 2.75) is 25.8 Å². The fourth-order valence-corrected chi connectivity index (χ4v) is 3.39. The molecule has 0 aromatic carbocycles. The van der Waals surface area contributed by atoms with Gasteiger partial charge in [-0.1, -0.05) is 11.3 Å². The largest absolute Gasteiger partial charge is 0.365 e. The number of rotatable bonds is 3. The number of nitrogens with one attached hydrogen (secondary N) is 2. The van der Waals surface area contributed by atoms with Crippen molar-refractivity contribution < 1.29 is 0 Å². The molecule has 1 aliphatic rings. The molecule has 0 aliphatic carbocycles. The molecular formula is C14H17N7S. The van der Waals surface area contributed by atoms with E-state index in [-0.39, 0.29) is 0 Å². The minimum Gasteiger partial charge on any atom is -0.365 e. The average Bonchev–Trinajstić information content (AvgIpc) is 3.06. The minimum atomic E-state index is 0.410. The quantitative estimate of drug-likeness (QED) is 0.766. The zero-order valence-electron chi connectivity index (χ0n) is 12.3. The first kappa shape index (κ1) is 13.6. The molecule has 4 heterocycles. The van der Waals surface area contributed by atoms with Crippen LogP contribution < -0.4 is 10.6 Å². The Bertz CT molecular complexity index is 756. The van der Waals surface area contributed by atoms with Crippen LogP contribution in [-0.2, 0) is 0 Å². The van der Waals surface area contributed by atoms with E-state index in [1.807, 2.05) is 13.1 Å². The summed E-state index contributed by atoms with van der Waals surface area (Å²) in [6.07, 6.45) is 7.74. The van der Waals surface area contributed by atoms with Crippen LogP contribution >= 0.6 is 11.3 Å². The first-order chi connectivity index (χ1) is 10.8. The molecule has 7 nitrogen and oxygen atoms in total. The Kier molecular flexibility index (Phi) is 3.47. The van der Waals surface area contributed by atoms with Crippen LogP contribution in [0.5, 0.6) is 0 Å². The third kappa shape index (κ3) is 2.67. The maximum Gasteiger partial charge on any atom is 0.212 e. The lowest BCUT2D eigenvalue weighted by atomic mass is 10.1. The normalized spacial score (nSPS) is 18.7. The van der Waals surface area contributed by atoms with Gasteiger partial charge in [-0.05, 0) is 26.3 Å². The number of aromatic nitrogens is 5. The second kappa shape index (κ2) is 5.62. The molecule has 2 N–H and O–H groups in total. The molecule has 1 saturated heterocycles. The number of nitrogens with zero attached hydrogens (tertiary/aromatic N) is 5. The summed E-state index contributed by atoms with van der Waals surface area (Å²) in [6.45, 7) is 4.04. The van der Waals surface area contributed by atoms with E-state index >= 15 is 0 Å². The van der Waals surface area contributed by atoms with E-state index in [0.717, 1.165) is 46.7 Å². The van der Waals surface area contributed by atoms with Crippen molar-refractivity contribution in [1.82, 2.24) is 29.9 Å². The van der Waals surface area contributed by atoms with E-state index in [2.05, 4.69) is 30.7 Å². The van der Waals surface area contributed by atoms with E-state index in [1.165, 1.54) is 6.42 Å². The molecule has 3 aromatic heterocycles. The summed E-state index contributed by atoms with van der Waals surface area (Å²) >= 11 is 1.57. The molecule has 1 fully saturated rings. The van der Waals surface area contributed by atoms with Crippen LogP contribution in [0.4, 0.5) is 5.82 Å². The SMILES string of the molecule is Cc1nn2cc(-c3cncc(NC4CCCNC4)n3)nc2s1. The van der Waals surface area contributed by atoms with Crippen molar-refractivity contribution in [3.63, 3.8) is 0 Å². The van der Waals surface area contributed by atoms with E-state index in [0.29, 0.717) is 6.04 Å². The van der Waals surface area contributed by atoms with E-state index < -0.39 is 0 Å². The predicted octanol–water partition coefficient (Wildman–Crippen LogP) is 1.72. The third-order valence-electron chi connectivity index (χ3n) is 3.69. The lowest BCUT2D eigenvalue weighted by Crippen LogP contribution is -2.38. The average molecular weight is 315 g/mol. The van der Waals surface area contributed by atoms with Gasteiger partial charge in [-0.15, -0.1) is 0 Å². The van der Waals surface area contributed by atoms with Gasteiger partial charge in [0.15, 0.2) is 0 Å². The maximum atomic E-state index is 4.63. The third-order valence-corrected chi connectivity index (χ3v) is 4.53. The lowest BCUT2D eigenvalue weighted by Gasteiger charge is -2.24. The molecule has 114 valence electrons. The summed E-state index contributed by atoms with van der Waals surface area (Å²) in [4.78, 5) is 14.4. The highest BCUT2D eigenvalue weighted by atomic mass is 32.1. The van der Waals surface area contributed by atoms with Crippen LogP contribution in [0.2, 0.25) is 0 Å². The Morgan fingerprint density at radius 2 is 2.27 bits per heavy atom. The van der Waals surface area contributed by atoms with Gasteiger partial charge in [0.1, 0.15) is 22.2 Å². The number of piperidine rings is 1. The molecule has 0 saturated carbocycles. The van der Waals surface area contributed by atoms with E-state index in [1.54, 1.807) is 28.2 Å². The topological polar surface area (TPSA) is 80.0 Å². The van der Waals surface area contributed by atoms with Gasteiger partial charge in [0, 0.05) is 12.6 Å². The molecule has 1 aliphatic heterocycles. The summed E-state index contributed by atoms with van der Waals surface area (Å²) in [5.74, 6) is 0.798. The monoisotopic (exact) mass is 315 g/mol. The number of fused-ring (bicyclic) bond motifs is 1. The second-order valence-electron chi connectivity index (χ2n) is 5.45. The van der Waals surface area contributed by atoms with Gasteiger partial charge < -0.3 is 10.6 Å². The molecule has 4 rings (SSSR count). The highest BCUT2D eigenvalue weighted by Crippen LogP contribution is 2.21. The van der Waals surface area contributed by atoms with Crippen molar-refractivity contribution in [2.75, 3.05) is 18.4 Å². The molecule has 8 heteroatoms. The minimum absolute atomic E-state index is 0.410. The van der Waals surface area contributed by atoms with Crippen LogP contribution in [0.15, 0.2) is 18.6 Å². The number of imidazole rings is 1. The molecule has 1 atom stereocenters. The summed E-state index contributed by atoms with van der Waals surface area (Å²) in [5.41, 5.74) is 1.57. The molecule has 22 heavy (non-hydrogen) atoms. The molecular weight excluding hydrogens is 298 g/mol. The van der Waals surface area contributed by atoms with Gasteiger partial charge in [0.05, 0.1) is 18.6 Å². The Hall–Kier alpha value is -2.06. The van der Waals surface area contributed by atoms with Crippen molar-refractivity contribution in [1.29, 1.82) is 0 Å². The Morgan fingerprint density at radius 1 is 1.32 bits per heavy atom. The lowest BCUT2D eigenvalue weighted by molar-refractivity contribution is 0.479. The highest BCUT2D eigenvalue weighted by molar-refractivity contribution is 7.16. The first-order valence-electron chi connectivity index (χ1n) is 7.40. The summed E-state index contributed by atoms with van der Waals surface area (Å²) in [5, 5.41) is 12.2. The second-order valence-corrected chi connectivity index (χ2v) is 6.61. The maximum absolute atomic E-state index is 4.63. The molecule has 0 radical (unpaired) electrons. The van der Waals surface area contributed by atoms with Crippen LogP contribution in [0.1, 0.15) is 17.8 Å². The fourth-order valence-electron chi connectivity index (χ4n) is 2.67. The van der Waals surface area contributed by atoms with Crippen molar-refractivity contribution in [2.24, 2.45) is 0 Å². The summed E-state index contributed by atoms with van der Waals surface area (Å²) in [6, 6.07) is 0.410. The zero-order valence-corrected chi connectivity index (χ0v) is 13.1. The Labute approximate surface area is 131 Å². The van der Waals surface area contributed by atoms with Crippen LogP contribution in [-0.4, -0.2) is 43.7 Å². The summed E-state index contributed by atoms with van der Waals surface area (Å²) < 4.78 is 1.79.